The van der Waals surface area contributed by atoms with Gasteiger partial charge in [-0.05, 0) is 36.2 Å². The van der Waals surface area contributed by atoms with E-state index in [1.165, 1.54) is 0 Å². The molecule has 0 saturated carbocycles. The number of halogens is 1. The standard InChI is InChI=1S/C17H18BrN3O/c18-15-7-4-6-14(12-15)13-20-21-17(22)10-5-11-19-16-8-2-1-3-9-16/h1-4,6-9,12-13,19H,5,10-11H2,(H,21,22)/b20-13-. The number of carbonyl (C=O) groups is 1. The Morgan fingerprint density at radius 3 is 2.73 bits per heavy atom. The third kappa shape index (κ3) is 6.10. The van der Waals surface area contributed by atoms with Gasteiger partial charge in [0.2, 0.25) is 5.91 Å². The molecule has 0 atom stereocenters. The van der Waals surface area contributed by atoms with Crippen molar-refractivity contribution in [3.05, 3.63) is 64.6 Å². The summed E-state index contributed by atoms with van der Waals surface area (Å²) in [7, 11) is 0. The Balaban J connectivity index is 1.64. The molecule has 1 amide bonds. The highest BCUT2D eigenvalue weighted by molar-refractivity contribution is 9.10. The first kappa shape index (κ1) is 16.2. The molecule has 2 aromatic carbocycles. The maximum atomic E-state index is 11.6. The summed E-state index contributed by atoms with van der Waals surface area (Å²) < 4.78 is 0.981. The molecule has 114 valence electrons. The Kier molecular flexibility index (Phi) is 6.64. The van der Waals surface area contributed by atoms with E-state index in [1.54, 1.807) is 6.21 Å². The van der Waals surface area contributed by atoms with Crippen LogP contribution in [-0.2, 0) is 4.79 Å². The minimum absolute atomic E-state index is 0.0823. The highest BCUT2D eigenvalue weighted by Gasteiger charge is 1.99. The maximum Gasteiger partial charge on any atom is 0.240 e. The average Bonchev–Trinajstić information content (AvgIpc) is 2.53. The van der Waals surface area contributed by atoms with Gasteiger partial charge in [0, 0.05) is 23.1 Å². The fraction of sp³-hybridized carbons (Fsp3) is 0.176. The van der Waals surface area contributed by atoms with E-state index in [0.29, 0.717) is 6.42 Å². The van der Waals surface area contributed by atoms with Gasteiger partial charge in [0.15, 0.2) is 0 Å². The fourth-order valence-corrected chi connectivity index (χ4v) is 2.28. The molecule has 22 heavy (non-hydrogen) atoms. The smallest absolute Gasteiger partial charge is 0.240 e. The first-order chi connectivity index (χ1) is 10.7. The topological polar surface area (TPSA) is 53.5 Å². The van der Waals surface area contributed by atoms with Crippen molar-refractivity contribution in [2.45, 2.75) is 12.8 Å². The molecular weight excluding hydrogens is 342 g/mol. The van der Waals surface area contributed by atoms with Gasteiger partial charge in [-0.2, -0.15) is 5.10 Å². The van der Waals surface area contributed by atoms with Crippen molar-refractivity contribution < 1.29 is 4.79 Å². The number of hydrogen-bond donors (Lipinski definition) is 2. The van der Waals surface area contributed by atoms with E-state index in [1.807, 2.05) is 54.6 Å². The Labute approximate surface area is 138 Å². The van der Waals surface area contributed by atoms with Crippen molar-refractivity contribution in [1.29, 1.82) is 0 Å². The zero-order valence-corrected chi connectivity index (χ0v) is 13.7. The summed E-state index contributed by atoms with van der Waals surface area (Å²) in [6.07, 6.45) is 2.83. The molecular formula is C17H18BrN3O. The summed E-state index contributed by atoms with van der Waals surface area (Å²) >= 11 is 3.39. The summed E-state index contributed by atoms with van der Waals surface area (Å²) in [5.74, 6) is -0.0823. The molecule has 0 aliphatic carbocycles. The number of hydrazone groups is 1. The summed E-state index contributed by atoms with van der Waals surface area (Å²) in [5, 5.41) is 7.22. The molecule has 0 radical (unpaired) electrons. The quantitative estimate of drug-likeness (QED) is 0.448. The summed E-state index contributed by atoms with van der Waals surface area (Å²) in [6.45, 7) is 0.757. The Bertz CT molecular complexity index is 629. The fourth-order valence-electron chi connectivity index (χ4n) is 1.86. The van der Waals surface area contributed by atoms with E-state index in [2.05, 4.69) is 31.8 Å². The van der Waals surface area contributed by atoms with Crippen molar-refractivity contribution in [1.82, 2.24) is 5.43 Å². The number of anilines is 1. The Morgan fingerprint density at radius 2 is 1.95 bits per heavy atom. The van der Waals surface area contributed by atoms with Crippen LogP contribution in [0.4, 0.5) is 5.69 Å². The number of nitrogens with one attached hydrogen (secondary N) is 2. The van der Waals surface area contributed by atoms with Crippen molar-refractivity contribution in [3.8, 4) is 0 Å². The second-order valence-electron chi connectivity index (χ2n) is 4.74. The van der Waals surface area contributed by atoms with Gasteiger partial charge in [-0.1, -0.05) is 46.3 Å². The Morgan fingerprint density at radius 1 is 1.14 bits per heavy atom. The van der Waals surface area contributed by atoms with E-state index in [-0.39, 0.29) is 5.91 Å². The highest BCUT2D eigenvalue weighted by Crippen LogP contribution is 2.09. The predicted octanol–water partition coefficient (Wildman–Crippen LogP) is 3.79. The first-order valence-electron chi connectivity index (χ1n) is 7.10. The molecule has 0 heterocycles. The predicted molar refractivity (Wildman–Crippen MR) is 94.0 cm³/mol. The van der Waals surface area contributed by atoms with E-state index in [0.717, 1.165) is 28.7 Å². The van der Waals surface area contributed by atoms with Gasteiger partial charge in [-0.15, -0.1) is 0 Å². The van der Waals surface area contributed by atoms with Crippen molar-refractivity contribution in [3.63, 3.8) is 0 Å². The average molecular weight is 360 g/mol. The zero-order chi connectivity index (χ0) is 15.6. The van der Waals surface area contributed by atoms with Crippen LogP contribution in [0.15, 0.2) is 64.2 Å². The van der Waals surface area contributed by atoms with Crippen LogP contribution in [0.5, 0.6) is 0 Å². The number of carbonyl (C=O) groups excluding carboxylic acids is 1. The van der Waals surface area contributed by atoms with Crippen LogP contribution in [0.1, 0.15) is 18.4 Å². The monoisotopic (exact) mass is 359 g/mol. The van der Waals surface area contributed by atoms with Crippen molar-refractivity contribution in [2.75, 3.05) is 11.9 Å². The largest absolute Gasteiger partial charge is 0.385 e. The molecule has 0 aliphatic heterocycles. The van der Waals surface area contributed by atoms with E-state index < -0.39 is 0 Å². The third-order valence-corrected chi connectivity index (χ3v) is 3.43. The lowest BCUT2D eigenvalue weighted by Gasteiger charge is -2.05. The number of para-hydroxylation sites is 1. The summed E-state index contributed by atoms with van der Waals surface area (Å²) in [4.78, 5) is 11.6. The molecule has 0 bridgehead atoms. The van der Waals surface area contributed by atoms with E-state index in [9.17, 15) is 4.79 Å². The second-order valence-corrected chi connectivity index (χ2v) is 5.66. The minimum atomic E-state index is -0.0823. The van der Waals surface area contributed by atoms with E-state index in [4.69, 9.17) is 0 Å². The zero-order valence-electron chi connectivity index (χ0n) is 12.1. The van der Waals surface area contributed by atoms with Crippen LogP contribution in [0.2, 0.25) is 0 Å². The molecule has 0 unspecified atom stereocenters. The minimum Gasteiger partial charge on any atom is -0.385 e. The SMILES string of the molecule is O=C(CCCNc1ccccc1)N/N=C\c1cccc(Br)c1. The first-order valence-corrected chi connectivity index (χ1v) is 7.90. The van der Waals surface area contributed by atoms with Gasteiger partial charge >= 0.3 is 0 Å². The van der Waals surface area contributed by atoms with Gasteiger partial charge in [0.1, 0.15) is 0 Å². The summed E-state index contributed by atoms with van der Waals surface area (Å²) in [6, 6.07) is 17.6. The van der Waals surface area contributed by atoms with Crippen molar-refractivity contribution in [2.24, 2.45) is 5.10 Å². The van der Waals surface area contributed by atoms with Crippen molar-refractivity contribution >= 4 is 33.7 Å². The van der Waals surface area contributed by atoms with Gasteiger partial charge in [0.25, 0.3) is 0 Å². The number of nitrogens with zero attached hydrogens (tertiary/aromatic N) is 1. The van der Waals surface area contributed by atoms with E-state index >= 15 is 0 Å². The van der Waals surface area contributed by atoms with Gasteiger partial charge in [-0.25, -0.2) is 5.43 Å². The lowest BCUT2D eigenvalue weighted by atomic mass is 10.2. The van der Waals surface area contributed by atoms with Crippen LogP contribution in [0, 0.1) is 0 Å². The lowest BCUT2D eigenvalue weighted by molar-refractivity contribution is -0.121. The second kappa shape index (κ2) is 9.00. The van der Waals surface area contributed by atoms with Crippen LogP contribution in [0.3, 0.4) is 0 Å². The van der Waals surface area contributed by atoms with Crippen LogP contribution in [-0.4, -0.2) is 18.7 Å². The number of amides is 1. The highest BCUT2D eigenvalue weighted by atomic mass is 79.9. The van der Waals surface area contributed by atoms with Crippen LogP contribution >= 0.6 is 15.9 Å². The third-order valence-electron chi connectivity index (χ3n) is 2.94. The molecule has 0 aromatic heterocycles. The lowest BCUT2D eigenvalue weighted by Crippen LogP contribution is -2.18. The van der Waals surface area contributed by atoms with Crippen LogP contribution < -0.4 is 10.7 Å². The molecule has 0 saturated heterocycles. The summed E-state index contributed by atoms with van der Waals surface area (Å²) in [5.41, 5.74) is 4.53. The molecule has 0 aliphatic rings. The van der Waals surface area contributed by atoms with Gasteiger partial charge in [-0.3, -0.25) is 4.79 Å². The number of rotatable bonds is 7. The van der Waals surface area contributed by atoms with Gasteiger partial charge < -0.3 is 5.32 Å². The molecule has 0 fully saturated rings. The normalized spacial score (nSPS) is 10.6. The van der Waals surface area contributed by atoms with Crippen LogP contribution in [0.25, 0.3) is 0 Å². The molecule has 2 aromatic rings. The number of hydrogen-bond acceptors (Lipinski definition) is 3. The Hall–Kier alpha value is -2.14. The molecule has 2 rings (SSSR count). The molecule has 0 spiro atoms. The molecule has 5 heteroatoms. The van der Waals surface area contributed by atoms with Gasteiger partial charge in [0.05, 0.1) is 6.21 Å². The maximum absolute atomic E-state index is 11.6. The molecule has 2 N–H and O–H groups in total. The molecule has 4 nitrogen and oxygen atoms in total. The number of benzene rings is 2.